The third-order valence-electron chi connectivity index (χ3n) is 3.57. The van der Waals surface area contributed by atoms with Crippen LogP contribution in [0.5, 0.6) is 0 Å². The maximum Gasteiger partial charge on any atom is 0.259 e. The van der Waals surface area contributed by atoms with Gasteiger partial charge in [0.15, 0.2) is 5.82 Å². The van der Waals surface area contributed by atoms with Crippen molar-refractivity contribution >= 4 is 15.9 Å². The molecular weight excluding hydrogens is 306 g/mol. The number of nitrogens with one attached hydrogen (secondary N) is 1. The van der Waals surface area contributed by atoms with Crippen LogP contribution in [-0.4, -0.2) is 23.2 Å². The number of nitrogens with zero attached hydrogens (tertiary/aromatic N) is 2. The number of aryl methyl sites for hydroxylation is 1. The number of benzene rings is 1. The zero-order valence-electron chi connectivity index (χ0n) is 10.8. The first-order valence-corrected chi connectivity index (χ1v) is 7.35. The van der Waals surface area contributed by atoms with E-state index in [1.165, 1.54) is 5.56 Å². The van der Waals surface area contributed by atoms with E-state index in [0.29, 0.717) is 11.8 Å². The average molecular weight is 322 g/mol. The first-order valence-electron chi connectivity index (χ1n) is 6.55. The summed E-state index contributed by atoms with van der Waals surface area (Å²) in [6, 6.07) is 6.05. The first-order chi connectivity index (χ1) is 9.25. The molecule has 0 spiro atoms. The fourth-order valence-corrected chi connectivity index (χ4v) is 2.84. The predicted octanol–water partition coefficient (Wildman–Crippen LogP) is 3.27. The molecule has 0 amide bonds. The molecule has 1 aromatic carbocycles. The van der Waals surface area contributed by atoms with Crippen molar-refractivity contribution in [3.05, 3.63) is 34.1 Å². The Kier molecular flexibility index (Phi) is 3.66. The summed E-state index contributed by atoms with van der Waals surface area (Å²) < 4.78 is 6.45. The van der Waals surface area contributed by atoms with Crippen molar-refractivity contribution in [1.82, 2.24) is 15.5 Å². The Labute approximate surface area is 120 Å². The topological polar surface area (TPSA) is 51.0 Å². The SMILES string of the molecule is Cc1cccc(-c2nc(C3CCNCC3)no2)c1Br. The van der Waals surface area contributed by atoms with E-state index in [1.807, 2.05) is 12.1 Å². The molecule has 1 aliphatic rings. The molecule has 0 atom stereocenters. The molecule has 19 heavy (non-hydrogen) atoms. The van der Waals surface area contributed by atoms with Crippen molar-refractivity contribution < 1.29 is 4.52 Å². The van der Waals surface area contributed by atoms with Crippen LogP contribution in [0.2, 0.25) is 0 Å². The van der Waals surface area contributed by atoms with Crippen LogP contribution in [0.15, 0.2) is 27.2 Å². The summed E-state index contributed by atoms with van der Waals surface area (Å²) in [6.45, 7) is 4.11. The van der Waals surface area contributed by atoms with E-state index >= 15 is 0 Å². The zero-order valence-corrected chi connectivity index (χ0v) is 12.4. The van der Waals surface area contributed by atoms with Gasteiger partial charge < -0.3 is 9.84 Å². The number of hydrogen-bond acceptors (Lipinski definition) is 4. The molecule has 0 saturated carbocycles. The predicted molar refractivity (Wildman–Crippen MR) is 77.0 cm³/mol. The van der Waals surface area contributed by atoms with Crippen LogP contribution in [0.25, 0.3) is 11.5 Å². The maximum absolute atomic E-state index is 5.43. The van der Waals surface area contributed by atoms with Crippen molar-refractivity contribution in [2.75, 3.05) is 13.1 Å². The molecule has 0 aliphatic carbocycles. The lowest BCUT2D eigenvalue weighted by molar-refractivity contribution is 0.392. The molecule has 4 nitrogen and oxygen atoms in total. The molecule has 3 rings (SSSR count). The lowest BCUT2D eigenvalue weighted by Gasteiger charge is -2.18. The maximum atomic E-state index is 5.43. The standard InChI is InChI=1S/C14H16BrN3O/c1-9-3-2-4-11(12(9)15)14-17-13(18-19-14)10-5-7-16-8-6-10/h2-4,10,16H,5-8H2,1H3. The van der Waals surface area contributed by atoms with Gasteiger partial charge in [-0.05, 0) is 60.4 Å². The van der Waals surface area contributed by atoms with Gasteiger partial charge in [-0.2, -0.15) is 4.98 Å². The van der Waals surface area contributed by atoms with Crippen LogP contribution in [-0.2, 0) is 0 Å². The average Bonchev–Trinajstić information content (AvgIpc) is 2.92. The van der Waals surface area contributed by atoms with Gasteiger partial charge in [0.05, 0.1) is 5.56 Å². The molecule has 2 heterocycles. The monoisotopic (exact) mass is 321 g/mol. The van der Waals surface area contributed by atoms with Gasteiger partial charge in [-0.3, -0.25) is 0 Å². The molecule has 0 bridgehead atoms. The summed E-state index contributed by atoms with van der Waals surface area (Å²) in [6.07, 6.45) is 2.15. The number of piperidine rings is 1. The molecule has 1 aliphatic heterocycles. The van der Waals surface area contributed by atoms with E-state index in [-0.39, 0.29) is 0 Å². The second-order valence-electron chi connectivity index (χ2n) is 4.92. The Morgan fingerprint density at radius 1 is 1.32 bits per heavy atom. The van der Waals surface area contributed by atoms with Crippen LogP contribution in [0.4, 0.5) is 0 Å². The van der Waals surface area contributed by atoms with Gasteiger partial charge in [0, 0.05) is 10.4 Å². The Morgan fingerprint density at radius 3 is 2.89 bits per heavy atom. The molecule has 100 valence electrons. The Balaban J connectivity index is 1.90. The molecule has 5 heteroatoms. The molecule has 1 N–H and O–H groups in total. The summed E-state index contributed by atoms with van der Waals surface area (Å²) >= 11 is 3.58. The smallest absolute Gasteiger partial charge is 0.259 e. The lowest BCUT2D eigenvalue weighted by Crippen LogP contribution is -2.27. The quantitative estimate of drug-likeness (QED) is 0.922. The molecule has 1 fully saturated rings. The van der Waals surface area contributed by atoms with Crippen LogP contribution >= 0.6 is 15.9 Å². The minimum atomic E-state index is 0.419. The lowest BCUT2D eigenvalue weighted by atomic mass is 9.98. The van der Waals surface area contributed by atoms with Crippen LogP contribution in [0.3, 0.4) is 0 Å². The molecule has 1 aromatic heterocycles. The third kappa shape index (κ3) is 2.58. The third-order valence-corrected chi connectivity index (χ3v) is 4.62. The number of halogens is 1. The summed E-state index contributed by atoms with van der Waals surface area (Å²) in [5.41, 5.74) is 2.13. The fraction of sp³-hybridized carbons (Fsp3) is 0.429. The minimum absolute atomic E-state index is 0.419. The summed E-state index contributed by atoms with van der Waals surface area (Å²) in [7, 11) is 0. The van der Waals surface area contributed by atoms with Gasteiger partial charge in [-0.1, -0.05) is 17.3 Å². The zero-order chi connectivity index (χ0) is 13.2. The normalized spacial score (nSPS) is 16.7. The van der Waals surface area contributed by atoms with Crippen molar-refractivity contribution in [2.45, 2.75) is 25.7 Å². The second-order valence-corrected chi connectivity index (χ2v) is 5.71. The number of aromatic nitrogens is 2. The highest BCUT2D eigenvalue weighted by atomic mass is 79.9. The van der Waals surface area contributed by atoms with Crippen LogP contribution < -0.4 is 5.32 Å². The Bertz CT molecular complexity index is 576. The van der Waals surface area contributed by atoms with Crippen molar-refractivity contribution in [1.29, 1.82) is 0 Å². The first kappa shape index (κ1) is 12.8. The summed E-state index contributed by atoms with van der Waals surface area (Å²) in [5.74, 6) is 1.86. The summed E-state index contributed by atoms with van der Waals surface area (Å²) in [4.78, 5) is 4.57. The van der Waals surface area contributed by atoms with E-state index < -0.39 is 0 Å². The van der Waals surface area contributed by atoms with E-state index in [1.54, 1.807) is 0 Å². The highest BCUT2D eigenvalue weighted by molar-refractivity contribution is 9.10. The van der Waals surface area contributed by atoms with Gasteiger partial charge in [0.25, 0.3) is 5.89 Å². The van der Waals surface area contributed by atoms with Gasteiger partial charge in [-0.25, -0.2) is 0 Å². The largest absolute Gasteiger partial charge is 0.334 e. The molecule has 1 saturated heterocycles. The van der Waals surface area contributed by atoms with Crippen molar-refractivity contribution in [3.8, 4) is 11.5 Å². The van der Waals surface area contributed by atoms with Crippen LogP contribution in [0.1, 0.15) is 30.1 Å². The Morgan fingerprint density at radius 2 is 2.11 bits per heavy atom. The number of rotatable bonds is 2. The van der Waals surface area contributed by atoms with E-state index in [2.05, 4.69) is 44.4 Å². The highest BCUT2D eigenvalue weighted by Gasteiger charge is 2.21. The molecular formula is C14H16BrN3O. The Hall–Kier alpha value is -1.20. The van der Waals surface area contributed by atoms with Gasteiger partial charge in [0.1, 0.15) is 0 Å². The highest BCUT2D eigenvalue weighted by Crippen LogP contribution is 2.31. The van der Waals surface area contributed by atoms with E-state index in [0.717, 1.165) is 41.8 Å². The van der Waals surface area contributed by atoms with Gasteiger partial charge in [-0.15, -0.1) is 0 Å². The van der Waals surface area contributed by atoms with Crippen molar-refractivity contribution in [2.24, 2.45) is 0 Å². The molecule has 0 radical (unpaired) electrons. The van der Waals surface area contributed by atoms with E-state index in [4.69, 9.17) is 4.52 Å². The van der Waals surface area contributed by atoms with Crippen molar-refractivity contribution in [3.63, 3.8) is 0 Å². The second kappa shape index (κ2) is 5.43. The van der Waals surface area contributed by atoms with Crippen LogP contribution in [0, 0.1) is 6.92 Å². The fourth-order valence-electron chi connectivity index (χ4n) is 2.40. The molecule has 2 aromatic rings. The van der Waals surface area contributed by atoms with Gasteiger partial charge >= 0.3 is 0 Å². The minimum Gasteiger partial charge on any atom is -0.334 e. The van der Waals surface area contributed by atoms with Gasteiger partial charge in [0.2, 0.25) is 0 Å². The molecule has 0 unspecified atom stereocenters. The van der Waals surface area contributed by atoms with E-state index in [9.17, 15) is 0 Å². The number of hydrogen-bond donors (Lipinski definition) is 1. The summed E-state index contributed by atoms with van der Waals surface area (Å²) in [5, 5.41) is 7.50.